The molecule has 0 aliphatic heterocycles. The van der Waals surface area contributed by atoms with Crippen LogP contribution in [0.3, 0.4) is 0 Å². The molecule has 14 heavy (non-hydrogen) atoms. The second-order valence-corrected chi connectivity index (χ2v) is 3.66. The molecule has 0 spiro atoms. The molecule has 4 nitrogen and oxygen atoms in total. The summed E-state index contributed by atoms with van der Waals surface area (Å²) in [6, 6.07) is 1.63. The van der Waals surface area contributed by atoms with Gasteiger partial charge in [-0.1, -0.05) is 0 Å². The molecule has 5 heteroatoms. The lowest BCUT2D eigenvalue weighted by Gasteiger charge is -1.98. The third-order valence-electron chi connectivity index (χ3n) is 1.89. The lowest BCUT2D eigenvalue weighted by Crippen LogP contribution is -2.07. The number of halogens is 1. The molecule has 2 aromatic heterocycles. The molecule has 0 radical (unpaired) electrons. The van der Waals surface area contributed by atoms with Crippen molar-refractivity contribution in [2.24, 2.45) is 7.05 Å². The number of furan rings is 1. The highest BCUT2D eigenvalue weighted by Crippen LogP contribution is 2.18. The van der Waals surface area contributed by atoms with Crippen molar-refractivity contribution in [1.82, 2.24) is 9.78 Å². The quantitative estimate of drug-likeness (QED) is 0.771. The summed E-state index contributed by atoms with van der Waals surface area (Å²) in [4.78, 5) is 11.9. The van der Waals surface area contributed by atoms with Crippen molar-refractivity contribution in [2.75, 3.05) is 0 Å². The Kier molecular flexibility index (Phi) is 2.25. The van der Waals surface area contributed by atoms with Crippen LogP contribution in [0.1, 0.15) is 16.1 Å². The van der Waals surface area contributed by atoms with E-state index in [0.717, 1.165) is 0 Å². The molecule has 2 rings (SSSR count). The summed E-state index contributed by atoms with van der Waals surface area (Å²) < 4.78 is 7.06. The summed E-state index contributed by atoms with van der Waals surface area (Å²) >= 11 is 3.27. The zero-order valence-corrected chi connectivity index (χ0v) is 8.98. The second kappa shape index (κ2) is 3.42. The summed E-state index contributed by atoms with van der Waals surface area (Å²) in [6.07, 6.45) is 4.48. The highest BCUT2D eigenvalue weighted by molar-refractivity contribution is 9.10. The smallest absolute Gasteiger partial charge is 0.215 e. The average Bonchev–Trinajstić information content (AvgIpc) is 2.75. The van der Waals surface area contributed by atoms with Gasteiger partial charge in [0.25, 0.3) is 0 Å². The molecule has 0 unspecified atom stereocenters. The predicted molar refractivity (Wildman–Crippen MR) is 53.0 cm³/mol. The van der Waals surface area contributed by atoms with Gasteiger partial charge in [-0.05, 0) is 22.0 Å². The Bertz CT molecular complexity index is 440. The van der Waals surface area contributed by atoms with Crippen molar-refractivity contribution in [3.05, 3.63) is 40.5 Å². The number of aryl methyl sites for hydroxylation is 1. The van der Waals surface area contributed by atoms with E-state index in [1.807, 2.05) is 0 Å². The first-order chi connectivity index (χ1) is 6.70. The van der Waals surface area contributed by atoms with Crippen molar-refractivity contribution in [3.8, 4) is 0 Å². The van der Waals surface area contributed by atoms with Gasteiger partial charge in [0.15, 0.2) is 0 Å². The maximum atomic E-state index is 11.9. The maximum Gasteiger partial charge on any atom is 0.215 e. The van der Waals surface area contributed by atoms with Crippen molar-refractivity contribution in [2.45, 2.75) is 0 Å². The molecule has 2 heterocycles. The lowest BCUT2D eigenvalue weighted by molar-refractivity contribution is 0.102. The first-order valence-electron chi connectivity index (χ1n) is 3.94. The van der Waals surface area contributed by atoms with Crippen LogP contribution in [-0.4, -0.2) is 15.6 Å². The topological polar surface area (TPSA) is 48.0 Å². The van der Waals surface area contributed by atoms with Gasteiger partial charge in [0, 0.05) is 7.05 Å². The molecule has 0 amide bonds. The molecule has 0 fully saturated rings. The van der Waals surface area contributed by atoms with Crippen LogP contribution in [0.2, 0.25) is 0 Å². The van der Waals surface area contributed by atoms with Gasteiger partial charge in [0.05, 0.1) is 22.5 Å². The molecule has 0 bridgehead atoms. The van der Waals surface area contributed by atoms with Crippen molar-refractivity contribution in [3.63, 3.8) is 0 Å². The Morgan fingerprint density at radius 3 is 2.93 bits per heavy atom. The number of carbonyl (C=O) groups is 1. The van der Waals surface area contributed by atoms with Gasteiger partial charge in [-0.3, -0.25) is 9.48 Å². The van der Waals surface area contributed by atoms with Crippen LogP contribution in [0.5, 0.6) is 0 Å². The summed E-state index contributed by atoms with van der Waals surface area (Å²) in [5, 5.41) is 3.97. The van der Waals surface area contributed by atoms with Crippen molar-refractivity contribution >= 4 is 21.7 Å². The fourth-order valence-corrected chi connectivity index (χ4v) is 1.72. The van der Waals surface area contributed by atoms with E-state index in [1.54, 1.807) is 19.3 Å². The maximum absolute atomic E-state index is 11.9. The standard InChI is InChI=1S/C9H7BrN2O2/c1-12-8(7(10)4-11-12)9(13)6-2-3-14-5-6/h2-5H,1H3. The molecule has 0 N–H and O–H groups in total. The van der Waals surface area contributed by atoms with Crippen molar-refractivity contribution in [1.29, 1.82) is 0 Å². The first kappa shape index (κ1) is 9.21. The Hall–Kier alpha value is -1.36. The van der Waals surface area contributed by atoms with Gasteiger partial charge in [0.2, 0.25) is 5.78 Å². The number of ketones is 1. The zero-order valence-electron chi connectivity index (χ0n) is 7.40. The molecule has 0 atom stereocenters. The fraction of sp³-hybridized carbons (Fsp3) is 0.111. The second-order valence-electron chi connectivity index (χ2n) is 2.81. The molecule has 0 aromatic carbocycles. The number of nitrogens with zero attached hydrogens (tertiary/aromatic N) is 2. The first-order valence-corrected chi connectivity index (χ1v) is 4.74. The summed E-state index contributed by atoms with van der Waals surface area (Å²) in [6.45, 7) is 0. The van der Waals surface area contributed by atoms with Crippen molar-refractivity contribution < 1.29 is 9.21 Å². The fourth-order valence-electron chi connectivity index (χ4n) is 1.20. The highest BCUT2D eigenvalue weighted by atomic mass is 79.9. The third-order valence-corrected chi connectivity index (χ3v) is 2.47. The Labute approximate surface area is 88.6 Å². The van der Waals surface area contributed by atoms with E-state index in [-0.39, 0.29) is 5.78 Å². The van der Waals surface area contributed by atoms with Crippen LogP contribution in [0.15, 0.2) is 33.7 Å². The molecular weight excluding hydrogens is 248 g/mol. The van der Waals surface area contributed by atoms with Crippen LogP contribution < -0.4 is 0 Å². The van der Waals surface area contributed by atoms with E-state index in [4.69, 9.17) is 4.42 Å². The SMILES string of the molecule is Cn1ncc(Br)c1C(=O)c1ccoc1. The largest absolute Gasteiger partial charge is 0.472 e. The Morgan fingerprint density at radius 2 is 2.43 bits per heavy atom. The predicted octanol–water partition coefficient (Wildman–Crippen LogP) is 2.01. The van der Waals surface area contributed by atoms with Crippen LogP contribution in [-0.2, 0) is 7.05 Å². The van der Waals surface area contributed by atoms with Crippen LogP contribution >= 0.6 is 15.9 Å². The van der Waals surface area contributed by atoms with E-state index in [1.165, 1.54) is 17.2 Å². The number of rotatable bonds is 2. The van der Waals surface area contributed by atoms with E-state index in [2.05, 4.69) is 21.0 Å². The van der Waals surface area contributed by atoms with Gasteiger partial charge in [-0.25, -0.2) is 0 Å². The number of aromatic nitrogens is 2. The normalized spacial score (nSPS) is 10.4. The van der Waals surface area contributed by atoms with Gasteiger partial charge >= 0.3 is 0 Å². The number of hydrogen-bond acceptors (Lipinski definition) is 3. The minimum atomic E-state index is -0.106. The molecule has 2 aromatic rings. The van der Waals surface area contributed by atoms with Crippen LogP contribution in [0.4, 0.5) is 0 Å². The van der Waals surface area contributed by atoms with E-state index >= 15 is 0 Å². The lowest BCUT2D eigenvalue weighted by atomic mass is 10.2. The van der Waals surface area contributed by atoms with E-state index in [0.29, 0.717) is 15.7 Å². The minimum absolute atomic E-state index is 0.106. The number of hydrogen-bond donors (Lipinski definition) is 0. The number of carbonyl (C=O) groups excluding carboxylic acids is 1. The van der Waals surface area contributed by atoms with Gasteiger partial charge in [0.1, 0.15) is 12.0 Å². The van der Waals surface area contributed by atoms with Crippen LogP contribution in [0.25, 0.3) is 0 Å². The highest BCUT2D eigenvalue weighted by Gasteiger charge is 2.17. The molecule has 0 saturated carbocycles. The Balaban J connectivity index is 2.46. The van der Waals surface area contributed by atoms with E-state index in [9.17, 15) is 4.79 Å². The molecule has 0 saturated heterocycles. The summed E-state index contributed by atoms with van der Waals surface area (Å²) in [5.41, 5.74) is 1.04. The third kappa shape index (κ3) is 1.39. The van der Waals surface area contributed by atoms with Gasteiger partial charge in [-0.2, -0.15) is 5.10 Å². The average molecular weight is 255 g/mol. The monoisotopic (exact) mass is 254 g/mol. The summed E-state index contributed by atoms with van der Waals surface area (Å²) in [7, 11) is 1.72. The molecule has 0 aliphatic rings. The summed E-state index contributed by atoms with van der Waals surface area (Å²) in [5.74, 6) is -0.106. The zero-order chi connectivity index (χ0) is 10.1. The molecule has 0 aliphatic carbocycles. The van der Waals surface area contributed by atoms with Gasteiger partial charge < -0.3 is 4.42 Å². The molecular formula is C9H7BrN2O2. The Morgan fingerprint density at radius 1 is 1.64 bits per heavy atom. The van der Waals surface area contributed by atoms with Crippen LogP contribution in [0, 0.1) is 0 Å². The minimum Gasteiger partial charge on any atom is -0.472 e. The van der Waals surface area contributed by atoms with Gasteiger partial charge in [-0.15, -0.1) is 0 Å². The molecule has 72 valence electrons. The van der Waals surface area contributed by atoms with E-state index < -0.39 is 0 Å².